The second-order valence-corrected chi connectivity index (χ2v) is 6.44. The predicted molar refractivity (Wildman–Crippen MR) is 73.9 cm³/mol. The van der Waals surface area contributed by atoms with Crippen molar-refractivity contribution in [3.63, 3.8) is 0 Å². The Morgan fingerprint density at radius 3 is 2.89 bits per heavy atom. The van der Waals surface area contributed by atoms with Gasteiger partial charge >= 0.3 is 0 Å². The van der Waals surface area contributed by atoms with Gasteiger partial charge in [0.1, 0.15) is 0 Å². The molecule has 0 aromatic carbocycles. The monoisotopic (exact) mass is 266 g/mol. The second kappa shape index (κ2) is 5.80. The van der Waals surface area contributed by atoms with E-state index >= 15 is 0 Å². The van der Waals surface area contributed by atoms with Gasteiger partial charge in [-0.05, 0) is 63.5 Å². The van der Waals surface area contributed by atoms with Gasteiger partial charge in [-0.3, -0.25) is 4.79 Å². The van der Waals surface area contributed by atoms with Gasteiger partial charge in [0.25, 0.3) is 0 Å². The molecule has 0 aromatic rings. The molecule has 1 aliphatic carbocycles. The summed E-state index contributed by atoms with van der Waals surface area (Å²) in [4.78, 5) is 12.1. The number of hydrogen-bond acceptors (Lipinski definition) is 3. The van der Waals surface area contributed by atoms with Crippen LogP contribution < -0.4 is 10.6 Å². The van der Waals surface area contributed by atoms with E-state index in [1.165, 1.54) is 25.7 Å². The maximum atomic E-state index is 12.1. The Hall–Kier alpha value is -0.610. The molecule has 2 aliphatic heterocycles. The molecule has 108 valence electrons. The summed E-state index contributed by atoms with van der Waals surface area (Å²) in [5.41, 5.74) is 0.358. The summed E-state index contributed by atoms with van der Waals surface area (Å²) in [5, 5.41) is 6.50. The Morgan fingerprint density at radius 2 is 2.16 bits per heavy atom. The highest BCUT2D eigenvalue weighted by Gasteiger charge is 2.57. The Balaban J connectivity index is 1.35. The van der Waals surface area contributed by atoms with Crippen LogP contribution in [0.4, 0.5) is 0 Å². The first-order valence-electron chi connectivity index (χ1n) is 7.90. The number of ether oxygens (including phenoxy) is 1. The molecule has 4 heteroatoms. The third-order valence-electron chi connectivity index (χ3n) is 5.15. The maximum Gasteiger partial charge on any atom is 0.223 e. The molecular formula is C15H26N2O2. The van der Waals surface area contributed by atoms with Gasteiger partial charge in [-0.15, -0.1) is 0 Å². The summed E-state index contributed by atoms with van der Waals surface area (Å²) >= 11 is 0. The molecule has 19 heavy (non-hydrogen) atoms. The van der Waals surface area contributed by atoms with Crippen LogP contribution >= 0.6 is 0 Å². The van der Waals surface area contributed by atoms with Gasteiger partial charge in [0.2, 0.25) is 5.91 Å². The highest BCUT2D eigenvalue weighted by molar-refractivity contribution is 5.82. The van der Waals surface area contributed by atoms with Crippen LogP contribution in [0.5, 0.6) is 0 Å². The van der Waals surface area contributed by atoms with Crippen molar-refractivity contribution in [3.8, 4) is 0 Å². The first-order valence-corrected chi connectivity index (χ1v) is 7.90. The van der Waals surface area contributed by atoms with Crippen LogP contribution in [0.3, 0.4) is 0 Å². The van der Waals surface area contributed by atoms with Crippen molar-refractivity contribution in [2.45, 2.75) is 51.0 Å². The van der Waals surface area contributed by atoms with Crippen LogP contribution in [0, 0.1) is 11.3 Å². The predicted octanol–water partition coefficient (Wildman–Crippen LogP) is 1.45. The van der Waals surface area contributed by atoms with Gasteiger partial charge in [0.05, 0.1) is 6.10 Å². The number of nitrogens with one attached hydrogen (secondary N) is 2. The SMILES string of the molecule is O=C(NCCC1CCCCO1)C1CC12CCNCC2. The standard InChI is InChI=1S/C15H26N2O2/c18-14(13-11-15(13)5-8-16-9-6-15)17-7-4-12-3-1-2-10-19-12/h12-13,16H,1-11H2,(H,17,18). The van der Waals surface area contributed by atoms with Crippen LogP contribution in [0.1, 0.15) is 44.9 Å². The summed E-state index contributed by atoms with van der Waals surface area (Å²) in [6.45, 7) is 3.85. The zero-order valence-corrected chi connectivity index (χ0v) is 11.7. The van der Waals surface area contributed by atoms with Crippen LogP contribution in [0.15, 0.2) is 0 Å². The zero-order valence-electron chi connectivity index (χ0n) is 11.7. The van der Waals surface area contributed by atoms with Crippen LogP contribution in [0.25, 0.3) is 0 Å². The summed E-state index contributed by atoms with van der Waals surface area (Å²) in [6.07, 6.45) is 8.45. The Kier molecular flexibility index (Phi) is 4.08. The van der Waals surface area contributed by atoms with Crippen molar-refractivity contribution < 1.29 is 9.53 Å². The Labute approximate surface area is 115 Å². The normalized spacial score (nSPS) is 33.1. The van der Waals surface area contributed by atoms with Crippen LogP contribution in [-0.2, 0) is 9.53 Å². The lowest BCUT2D eigenvalue weighted by molar-refractivity contribution is -0.123. The molecule has 1 saturated carbocycles. The van der Waals surface area contributed by atoms with Crippen molar-refractivity contribution in [1.29, 1.82) is 0 Å². The molecule has 2 atom stereocenters. The lowest BCUT2D eigenvalue weighted by Gasteiger charge is -2.24. The molecular weight excluding hydrogens is 240 g/mol. The summed E-state index contributed by atoms with van der Waals surface area (Å²) in [6, 6.07) is 0. The largest absolute Gasteiger partial charge is 0.378 e. The van der Waals surface area contributed by atoms with E-state index < -0.39 is 0 Å². The van der Waals surface area contributed by atoms with E-state index in [4.69, 9.17) is 4.74 Å². The molecule has 0 aromatic heterocycles. The third-order valence-corrected chi connectivity index (χ3v) is 5.15. The van der Waals surface area contributed by atoms with Gasteiger partial charge < -0.3 is 15.4 Å². The van der Waals surface area contributed by atoms with E-state index in [1.807, 2.05) is 0 Å². The fraction of sp³-hybridized carbons (Fsp3) is 0.933. The molecule has 2 heterocycles. The fourth-order valence-corrected chi connectivity index (χ4v) is 3.71. The zero-order chi connectivity index (χ0) is 13.1. The Morgan fingerprint density at radius 1 is 1.32 bits per heavy atom. The first kappa shape index (κ1) is 13.4. The summed E-state index contributed by atoms with van der Waals surface area (Å²) in [5.74, 6) is 0.583. The number of piperidine rings is 1. The molecule has 0 bridgehead atoms. The lowest BCUT2D eigenvalue weighted by Crippen LogP contribution is -2.35. The summed E-state index contributed by atoms with van der Waals surface area (Å²) < 4.78 is 5.69. The molecule has 4 nitrogen and oxygen atoms in total. The second-order valence-electron chi connectivity index (χ2n) is 6.44. The maximum absolute atomic E-state index is 12.1. The van der Waals surface area contributed by atoms with Gasteiger partial charge in [-0.1, -0.05) is 0 Å². The average molecular weight is 266 g/mol. The molecule has 1 spiro atoms. The van der Waals surface area contributed by atoms with Crippen LogP contribution in [0.2, 0.25) is 0 Å². The minimum Gasteiger partial charge on any atom is -0.378 e. The summed E-state index contributed by atoms with van der Waals surface area (Å²) in [7, 11) is 0. The fourth-order valence-electron chi connectivity index (χ4n) is 3.71. The molecule has 3 fully saturated rings. The molecule has 0 radical (unpaired) electrons. The van der Waals surface area contributed by atoms with Gasteiger partial charge in [-0.2, -0.15) is 0 Å². The molecule has 3 rings (SSSR count). The average Bonchev–Trinajstić information content (AvgIpc) is 3.14. The topological polar surface area (TPSA) is 50.4 Å². The number of carbonyl (C=O) groups excluding carboxylic acids is 1. The van der Waals surface area contributed by atoms with E-state index in [0.717, 1.165) is 45.5 Å². The molecule has 2 N–H and O–H groups in total. The van der Waals surface area contributed by atoms with E-state index in [-0.39, 0.29) is 5.91 Å². The van der Waals surface area contributed by atoms with Gasteiger partial charge in [0.15, 0.2) is 0 Å². The lowest BCUT2D eigenvalue weighted by atomic mass is 9.92. The van der Waals surface area contributed by atoms with Crippen molar-refractivity contribution in [3.05, 3.63) is 0 Å². The van der Waals surface area contributed by atoms with Crippen molar-refractivity contribution >= 4 is 5.91 Å². The van der Waals surface area contributed by atoms with Gasteiger partial charge in [-0.25, -0.2) is 0 Å². The third kappa shape index (κ3) is 3.11. The van der Waals surface area contributed by atoms with E-state index in [9.17, 15) is 4.79 Å². The van der Waals surface area contributed by atoms with Crippen LogP contribution in [-0.4, -0.2) is 38.3 Å². The minimum absolute atomic E-state index is 0.290. The van der Waals surface area contributed by atoms with E-state index in [1.54, 1.807) is 0 Å². The highest BCUT2D eigenvalue weighted by Crippen LogP contribution is 2.58. The number of amides is 1. The quantitative estimate of drug-likeness (QED) is 0.810. The molecule has 2 saturated heterocycles. The Bertz CT molecular complexity index is 320. The molecule has 3 aliphatic rings. The van der Waals surface area contributed by atoms with E-state index in [0.29, 0.717) is 17.4 Å². The highest BCUT2D eigenvalue weighted by atomic mass is 16.5. The first-order chi connectivity index (χ1) is 9.30. The van der Waals surface area contributed by atoms with Crippen molar-refractivity contribution in [2.24, 2.45) is 11.3 Å². The number of carbonyl (C=O) groups is 1. The molecule has 2 unspecified atom stereocenters. The van der Waals surface area contributed by atoms with Crippen molar-refractivity contribution in [1.82, 2.24) is 10.6 Å². The molecule has 1 amide bonds. The number of rotatable bonds is 4. The minimum atomic E-state index is 0.290. The smallest absolute Gasteiger partial charge is 0.223 e. The van der Waals surface area contributed by atoms with Crippen molar-refractivity contribution in [2.75, 3.05) is 26.2 Å². The van der Waals surface area contributed by atoms with Gasteiger partial charge in [0, 0.05) is 19.1 Å². The number of hydrogen-bond donors (Lipinski definition) is 2. The van der Waals surface area contributed by atoms with E-state index in [2.05, 4.69) is 10.6 Å².